The molecular formula is C37H39NO5. The average Bonchev–Trinajstić information content (AvgIpc) is 3.58. The maximum Gasteiger partial charge on any atom is 0.229 e. The molecule has 0 aliphatic heterocycles. The van der Waals surface area contributed by atoms with Gasteiger partial charge in [0.25, 0.3) is 0 Å². The minimum Gasteiger partial charge on any atom is -0.493 e. The third kappa shape index (κ3) is 7.77. The van der Waals surface area contributed by atoms with Crippen molar-refractivity contribution in [2.75, 3.05) is 13.2 Å². The van der Waals surface area contributed by atoms with Crippen LogP contribution in [0.25, 0.3) is 11.5 Å². The monoisotopic (exact) mass is 577 g/mol. The van der Waals surface area contributed by atoms with Gasteiger partial charge in [-0.15, -0.1) is 0 Å². The molecule has 6 nitrogen and oxygen atoms in total. The third-order valence-corrected chi connectivity index (χ3v) is 7.15. The fourth-order valence-electron chi connectivity index (χ4n) is 4.88. The molecule has 0 atom stereocenters. The first-order chi connectivity index (χ1) is 21.2. The lowest BCUT2D eigenvalue weighted by Crippen LogP contribution is -2.08. The lowest BCUT2D eigenvalue weighted by Gasteiger charge is -2.18. The highest BCUT2D eigenvalue weighted by Crippen LogP contribution is 2.37. The standard InChI is InChI=1S/C37H39NO5/c1-4-13-30-33(18-11-19-34(30)43-32-17-10-9-14-27(32)3)39-21-12-22-40-35-25-36(42-26-28-15-7-6-8-16-28)31(24-29(35)5-2)37-38-20-23-41-37/h6-11,14-20,23-25H,4-5,12-13,21-22,26H2,1-3H3. The van der Waals surface area contributed by atoms with Crippen LogP contribution in [0.4, 0.5) is 0 Å². The molecule has 222 valence electrons. The van der Waals surface area contributed by atoms with Gasteiger partial charge in [0, 0.05) is 18.1 Å². The summed E-state index contributed by atoms with van der Waals surface area (Å²) in [5.74, 6) is 4.54. The van der Waals surface area contributed by atoms with Gasteiger partial charge in [0.15, 0.2) is 0 Å². The molecular weight excluding hydrogens is 538 g/mol. The minimum absolute atomic E-state index is 0.431. The summed E-state index contributed by atoms with van der Waals surface area (Å²) in [7, 11) is 0. The first-order valence-electron chi connectivity index (χ1n) is 15.0. The van der Waals surface area contributed by atoms with Crippen molar-refractivity contribution in [3.8, 4) is 40.2 Å². The van der Waals surface area contributed by atoms with Gasteiger partial charge in [-0.25, -0.2) is 4.98 Å². The fraction of sp³-hybridized carbons (Fsp3) is 0.270. The Morgan fingerprint density at radius 3 is 2.21 bits per heavy atom. The summed E-state index contributed by atoms with van der Waals surface area (Å²) in [5, 5.41) is 0. The molecule has 0 saturated heterocycles. The number of para-hydroxylation sites is 1. The number of aryl methyl sites for hydroxylation is 2. The Morgan fingerprint density at radius 1 is 0.721 bits per heavy atom. The lowest BCUT2D eigenvalue weighted by molar-refractivity contribution is 0.243. The quantitative estimate of drug-likeness (QED) is 0.116. The van der Waals surface area contributed by atoms with Crippen molar-refractivity contribution in [1.29, 1.82) is 0 Å². The van der Waals surface area contributed by atoms with E-state index in [1.807, 2.05) is 72.8 Å². The second-order valence-electron chi connectivity index (χ2n) is 10.3. The van der Waals surface area contributed by atoms with Crippen LogP contribution < -0.4 is 18.9 Å². The number of aromatic nitrogens is 1. The van der Waals surface area contributed by atoms with Gasteiger partial charge in [-0.3, -0.25) is 0 Å². The number of hydrogen-bond acceptors (Lipinski definition) is 6. The summed E-state index contributed by atoms with van der Waals surface area (Å²) in [5.41, 5.74) is 5.14. The largest absolute Gasteiger partial charge is 0.493 e. The summed E-state index contributed by atoms with van der Waals surface area (Å²) in [6, 6.07) is 28.2. The SMILES string of the molecule is CCCc1c(OCCCOc2cc(OCc3ccccc3)c(-c3ncco3)cc2CC)cccc1Oc1ccccc1C. The summed E-state index contributed by atoms with van der Waals surface area (Å²) in [6.45, 7) is 7.79. The van der Waals surface area contributed by atoms with Gasteiger partial charge in [0.2, 0.25) is 5.89 Å². The number of benzene rings is 4. The molecule has 6 heteroatoms. The van der Waals surface area contributed by atoms with E-state index in [1.54, 1.807) is 12.5 Å². The lowest BCUT2D eigenvalue weighted by atomic mass is 10.1. The van der Waals surface area contributed by atoms with E-state index in [9.17, 15) is 0 Å². The second kappa shape index (κ2) is 15.0. The summed E-state index contributed by atoms with van der Waals surface area (Å²) in [6.07, 6.45) is 6.60. The predicted octanol–water partition coefficient (Wildman–Crippen LogP) is 9.38. The third-order valence-electron chi connectivity index (χ3n) is 7.15. The van der Waals surface area contributed by atoms with Crippen LogP contribution in [0.5, 0.6) is 28.7 Å². The number of hydrogen-bond donors (Lipinski definition) is 0. The highest BCUT2D eigenvalue weighted by atomic mass is 16.5. The van der Waals surface area contributed by atoms with E-state index in [-0.39, 0.29) is 0 Å². The molecule has 0 saturated carbocycles. The maximum absolute atomic E-state index is 6.31. The first kappa shape index (κ1) is 29.8. The van der Waals surface area contributed by atoms with E-state index in [1.165, 1.54) is 0 Å². The van der Waals surface area contributed by atoms with E-state index >= 15 is 0 Å². The highest BCUT2D eigenvalue weighted by molar-refractivity contribution is 5.66. The zero-order valence-corrected chi connectivity index (χ0v) is 25.2. The van der Waals surface area contributed by atoms with Crippen molar-refractivity contribution in [2.45, 2.75) is 53.1 Å². The van der Waals surface area contributed by atoms with Crippen LogP contribution in [0.15, 0.2) is 102 Å². The molecule has 5 rings (SSSR count). The molecule has 0 N–H and O–H groups in total. The Hall–Kier alpha value is -4.71. The molecule has 1 heterocycles. The summed E-state index contributed by atoms with van der Waals surface area (Å²) >= 11 is 0. The summed E-state index contributed by atoms with van der Waals surface area (Å²) < 4.78 is 30.7. The molecule has 0 fully saturated rings. The number of rotatable bonds is 15. The zero-order chi connectivity index (χ0) is 29.9. The molecule has 0 unspecified atom stereocenters. The summed E-state index contributed by atoms with van der Waals surface area (Å²) in [4.78, 5) is 4.36. The molecule has 0 amide bonds. The molecule has 43 heavy (non-hydrogen) atoms. The van der Waals surface area contributed by atoms with Crippen LogP contribution in [0.3, 0.4) is 0 Å². The molecule has 1 aromatic heterocycles. The Morgan fingerprint density at radius 2 is 1.47 bits per heavy atom. The highest BCUT2D eigenvalue weighted by Gasteiger charge is 2.17. The topological polar surface area (TPSA) is 63.0 Å². The fourth-order valence-corrected chi connectivity index (χ4v) is 4.88. The van der Waals surface area contributed by atoms with Crippen LogP contribution in [-0.2, 0) is 19.4 Å². The van der Waals surface area contributed by atoms with Crippen molar-refractivity contribution in [1.82, 2.24) is 4.98 Å². The Kier molecular flexibility index (Phi) is 10.4. The van der Waals surface area contributed by atoms with Gasteiger partial charge in [-0.1, -0.05) is 74.9 Å². The molecule has 0 aliphatic carbocycles. The van der Waals surface area contributed by atoms with Crippen molar-refractivity contribution in [3.63, 3.8) is 0 Å². The van der Waals surface area contributed by atoms with Crippen LogP contribution in [0, 0.1) is 6.92 Å². The Labute approximate surface area is 254 Å². The normalized spacial score (nSPS) is 10.9. The first-order valence-corrected chi connectivity index (χ1v) is 15.0. The molecule has 0 spiro atoms. The van der Waals surface area contributed by atoms with Crippen molar-refractivity contribution >= 4 is 0 Å². The van der Waals surface area contributed by atoms with Gasteiger partial charge in [0.05, 0.1) is 25.0 Å². The molecule has 0 aliphatic rings. The van der Waals surface area contributed by atoms with E-state index in [4.69, 9.17) is 23.4 Å². The smallest absolute Gasteiger partial charge is 0.229 e. The van der Waals surface area contributed by atoms with Gasteiger partial charge in [0.1, 0.15) is 41.6 Å². The van der Waals surface area contributed by atoms with Crippen molar-refractivity contribution in [2.24, 2.45) is 0 Å². The molecule has 4 aromatic carbocycles. The minimum atomic E-state index is 0.431. The van der Waals surface area contributed by atoms with E-state index < -0.39 is 0 Å². The molecule has 5 aromatic rings. The van der Waals surface area contributed by atoms with E-state index in [0.717, 1.165) is 76.5 Å². The number of oxazole rings is 1. The van der Waals surface area contributed by atoms with Gasteiger partial charge in [-0.2, -0.15) is 0 Å². The zero-order valence-electron chi connectivity index (χ0n) is 25.2. The average molecular weight is 578 g/mol. The van der Waals surface area contributed by atoms with Crippen molar-refractivity contribution in [3.05, 3.63) is 120 Å². The van der Waals surface area contributed by atoms with E-state index in [2.05, 4.69) is 37.9 Å². The number of nitrogens with zero attached hydrogens (tertiary/aromatic N) is 1. The van der Waals surface area contributed by atoms with Crippen LogP contribution in [-0.4, -0.2) is 18.2 Å². The molecule has 0 bridgehead atoms. The second-order valence-corrected chi connectivity index (χ2v) is 10.3. The van der Waals surface area contributed by atoms with Crippen LogP contribution in [0.2, 0.25) is 0 Å². The maximum atomic E-state index is 6.31. The van der Waals surface area contributed by atoms with Gasteiger partial charge >= 0.3 is 0 Å². The Bertz CT molecular complexity index is 1580. The van der Waals surface area contributed by atoms with Gasteiger partial charge in [-0.05, 0) is 60.7 Å². The number of ether oxygens (including phenoxy) is 4. The predicted molar refractivity (Wildman–Crippen MR) is 169 cm³/mol. The van der Waals surface area contributed by atoms with Crippen LogP contribution >= 0.6 is 0 Å². The Balaban J connectivity index is 1.24. The molecule has 0 radical (unpaired) electrons. The van der Waals surface area contributed by atoms with Gasteiger partial charge < -0.3 is 23.4 Å². The van der Waals surface area contributed by atoms with E-state index in [0.29, 0.717) is 31.5 Å². The van der Waals surface area contributed by atoms with Crippen molar-refractivity contribution < 1.29 is 23.4 Å². The van der Waals surface area contributed by atoms with Crippen LogP contribution in [0.1, 0.15) is 48.9 Å².